The third-order valence-corrected chi connectivity index (χ3v) is 3.08. The number of pyridine rings is 1. The van der Waals surface area contributed by atoms with Crippen molar-refractivity contribution in [2.24, 2.45) is 7.05 Å². The van der Waals surface area contributed by atoms with E-state index in [1.807, 2.05) is 37.5 Å². The average molecular weight is 280 g/mol. The molecule has 1 aromatic carbocycles. The summed E-state index contributed by atoms with van der Waals surface area (Å²) in [6.45, 7) is 0. The summed E-state index contributed by atoms with van der Waals surface area (Å²) in [4.78, 5) is 14.8. The van der Waals surface area contributed by atoms with Crippen molar-refractivity contribution in [2.75, 3.05) is 0 Å². The standard InChI is InChI=1S/C15H12N4O2/c1-18-10-11(9-16-18)2-4-13-5-3-12-8-14(19(20)21)6-7-15(12)17-13/h2-10H,1H3/b4-2+. The second kappa shape index (κ2) is 5.16. The largest absolute Gasteiger partial charge is 0.275 e. The van der Waals surface area contributed by atoms with E-state index in [4.69, 9.17) is 0 Å². The van der Waals surface area contributed by atoms with Gasteiger partial charge in [0.25, 0.3) is 5.69 Å². The van der Waals surface area contributed by atoms with Crippen LogP contribution in [0, 0.1) is 10.1 Å². The molecule has 104 valence electrons. The molecule has 3 rings (SSSR count). The van der Waals surface area contributed by atoms with Gasteiger partial charge in [-0.15, -0.1) is 0 Å². The molecule has 0 fully saturated rings. The first kappa shape index (κ1) is 13.0. The summed E-state index contributed by atoms with van der Waals surface area (Å²) < 4.78 is 1.73. The van der Waals surface area contributed by atoms with E-state index in [0.29, 0.717) is 0 Å². The fourth-order valence-electron chi connectivity index (χ4n) is 2.04. The summed E-state index contributed by atoms with van der Waals surface area (Å²) in [5, 5.41) is 15.6. The van der Waals surface area contributed by atoms with Crippen LogP contribution < -0.4 is 0 Å². The molecule has 0 saturated carbocycles. The van der Waals surface area contributed by atoms with E-state index in [1.165, 1.54) is 12.1 Å². The van der Waals surface area contributed by atoms with Crippen LogP contribution in [0.2, 0.25) is 0 Å². The van der Waals surface area contributed by atoms with Crippen LogP contribution in [-0.4, -0.2) is 19.7 Å². The van der Waals surface area contributed by atoms with Crippen LogP contribution >= 0.6 is 0 Å². The summed E-state index contributed by atoms with van der Waals surface area (Å²) >= 11 is 0. The average Bonchev–Trinajstić information content (AvgIpc) is 2.90. The monoisotopic (exact) mass is 280 g/mol. The molecule has 0 radical (unpaired) electrons. The summed E-state index contributed by atoms with van der Waals surface area (Å²) in [6.07, 6.45) is 7.48. The van der Waals surface area contributed by atoms with Gasteiger partial charge in [-0.05, 0) is 24.3 Å². The van der Waals surface area contributed by atoms with E-state index in [9.17, 15) is 10.1 Å². The first-order valence-corrected chi connectivity index (χ1v) is 6.34. The van der Waals surface area contributed by atoms with Crippen molar-refractivity contribution < 1.29 is 4.92 Å². The van der Waals surface area contributed by atoms with E-state index in [0.717, 1.165) is 22.2 Å². The Morgan fingerprint density at radius 1 is 1.24 bits per heavy atom. The fourth-order valence-corrected chi connectivity index (χ4v) is 2.04. The minimum Gasteiger partial charge on any atom is -0.275 e. The highest BCUT2D eigenvalue weighted by atomic mass is 16.6. The molecule has 3 aromatic rings. The number of aromatic nitrogens is 3. The number of aryl methyl sites for hydroxylation is 1. The highest BCUT2D eigenvalue weighted by Gasteiger charge is 2.06. The molecule has 2 heterocycles. The second-order valence-corrected chi connectivity index (χ2v) is 4.65. The van der Waals surface area contributed by atoms with E-state index >= 15 is 0 Å². The van der Waals surface area contributed by atoms with Crippen LogP contribution in [0.5, 0.6) is 0 Å². The maximum Gasteiger partial charge on any atom is 0.270 e. The van der Waals surface area contributed by atoms with Gasteiger partial charge in [0.1, 0.15) is 0 Å². The molecule has 0 spiro atoms. The fraction of sp³-hybridized carbons (Fsp3) is 0.0667. The summed E-state index contributed by atoms with van der Waals surface area (Å²) in [5.41, 5.74) is 2.58. The zero-order chi connectivity index (χ0) is 14.8. The Labute approximate surface area is 120 Å². The molecule has 6 heteroatoms. The van der Waals surface area contributed by atoms with Crippen molar-refractivity contribution in [3.05, 3.63) is 64.1 Å². The van der Waals surface area contributed by atoms with Crippen LogP contribution in [0.1, 0.15) is 11.3 Å². The lowest BCUT2D eigenvalue weighted by Gasteiger charge is -1.99. The van der Waals surface area contributed by atoms with Gasteiger partial charge >= 0.3 is 0 Å². The van der Waals surface area contributed by atoms with Gasteiger partial charge in [-0.3, -0.25) is 14.8 Å². The molecule has 0 aliphatic heterocycles. The van der Waals surface area contributed by atoms with Crippen LogP contribution in [0.4, 0.5) is 5.69 Å². The second-order valence-electron chi connectivity index (χ2n) is 4.65. The van der Waals surface area contributed by atoms with Gasteiger partial charge < -0.3 is 0 Å². The smallest absolute Gasteiger partial charge is 0.270 e. The van der Waals surface area contributed by atoms with Crippen molar-refractivity contribution in [1.29, 1.82) is 0 Å². The number of nitrogens with zero attached hydrogens (tertiary/aromatic N) is 4. The molecule has 0 aliphatic rings. The quantitative estimate of drug-likeness (QED) is 0.546. The molecule has 21 heavy (non-hydrogen) atoms. The zero-order valence-corrected chi connectivity index (χ0v) is 11.3. The summed E-state index contributed by atoms with van der Waals surface area (Å²) in [5.74, 6) is 0. The van der Waals surface area contributed by atoms with Gasteiger partial charge in [0.05, 0.1) is 22.3 Å². The Balaban J connectivity index is 1.92. The van der Waals surface area contributed by atoms with Crippen LogP contribution in [0.25, 0.3) is 23.1 Å². The topological polar surface area (TPSA) is 73.8 Å². The lowest BCUT2D eigenvalue weighted by atomic mass is 10.1. The first-order chi connectivity index (χ1) is 10.1. The molecule has 0 bridgehead atoms. The van der Waals surface area contributed by atoms with E-state index in [1.54, 1.807) is 16.9 Å². The molecule has 0 N–H and O–H groups in total. The molecule has 0 unspecified atom stereocenters. The lowest BCUT2D eigenvalue weighted by Crippen LogP contribution is -1.89. The number of rotatable bonds is 3. The number of hydrogen-bond donors (Lipinski definition) is 0. The van der Waals surface area contributed by atoms with Gasteiger partial charge in [0.15, 0.2) is 0 Å². The molecule has 6 nitrogen and oxygen atoms in total. The number of benzene rings is 1. The van der Waals surface area contributed by atoms with E-state index in [2.05, 4.69) is 10.1 Å². The SMILES string of the molecule is Cn1cc(/C=C/c2ccc3cc([N+](=O)[O-])ccc3n2)cn1. The summed E-state index contributed by atoms with van der Waals surface area (Å²) in [7, 11) is 1.86. The highest BCUT2D eigenvalue weighted by molar-refractivity contribution is 5.82. The molecule has 2 aromatic heterocycles. The third kappa shape index (κ3) is 2.79. The molecule has 0 amide bonds. The Hall–Kier alpha value is -3.02. The van der Waals surface area contributed by atoms with Crippen LogP contribution in [0.3, 0.4) is 0 Å². The Morgan fingerprint density at radius 2 is 2.10 bits per heavy atom. The van der Waals surface area contributed by atoms with Gasteiger partial charge in [-0.25, -0.2) is 4.98 Å². The van der Waals surface area contributed by atoms with Crippen molar-refractivity contribution in [3.8, 4) is 0 Å². The Morgan fingerprint density at radius 3 is 2.81 bits per heavy atom. The Kier molecular flexibility index (Phi) is 3.19. The highest BCUT2D eigenvalue weighted by Crippen LogP contribution is 2.20. The van der Waals surface area contributed by atoms with Crippen molar-refractivity contribution in [2.45, 2.75) is 0 Å². The van der Waals surface area contributed by atoms with Crippen LogP contribution in [-0.2, 0) is 7.05 Å². The maximum absolute atomic E-state index is 10.7. The van der Waals surface area contributed by atoms with Gasteiger partial charge in [0, 0.05) is 36.3 Å². The van der Waals surface area contributed by atoms with Crippen molar-refractivity contribution in [1.82, 2.24) is 14.8 Å². The first-order valence-electron chi connectivity index (χ1n) is 6.34. The van der Waals surface area contributed by atoms with E-state index in [-0.39, 0.29) is 5.69 Å². The predicted octanol–water partition coefficient (Wildman–Crippen LogP) is 3.05. The normalized spacial score (nSPS) is 11.3. The van der Waals surface area contributed by atoms with E-state index < -0.39 is 4.92 Å². The van der Waals surface area contributed by atoms with Crippen molar-refractivity contribution >= 4 is 28.7 Å². The maximum atomic E-state index is 10.7. The third-order valence-electron chi connectivity index (χ3n) is 3.08. The Bertz CT molecular complexity index is 852. The molecule has 0 aliphatic carbocycles. The number of nitro groups is 1. The van der Waals surface area contributed by atoms with Crippen LogP contribution in [0.15, 0.2) is 42.7 Å². The molecular formula is C15H12N4O2. The van der Waals surface area contributed by atoms with Crippen molar-refractivity contribution in [3.63, 3.8) is 0 Å². The van der Waals surface area contributed by atoms with Gasteiger partial charge in [0.2, 0.25) is 0 Å². The zero-order valence-electron chi connectivity index (χ0n) is 11.3. The predicted molar refractivity (Wildman–Crippen MR) is 80.5 cm³/mol. The lowest BCUT2D eigenvalue weighted by molar-refractivity contribution is -0.384. The number of hydrogen-bond acceptors (Lipinski definition) is 4. The molecule has 0 saturated heterocycles. The van der Waals surface area contributed by atoms with Gasteiger partial charge in [-0.1, -0.05) is 6.07 Å². The summed E-state index contributed by atoms with van der Waals surface area (Å²) in [6, 6.07) is 8.31. The number of nitro benzene ring substituents is 1. The van der Waals surface area contributed by atoms with Gasteiger partial charge in [-0.2, -0.15) is 5.10 Å². The minimum absolute atomic E-state index is 0.0722. The molecule has 0 atom stereocenters. The minimum atomic E-state index is -0.407. The number of non-ortho nitro benzene ring substituents is 1. The molecular weight excluding hydrogens is 268 g/mol. The number of fused-ring (bicyclic) bond motifs is 1.